The molecule has 9 aromatic rings. The van der Waals surface area contributed by atoms with E-state index in [1.807, 2.05) is 24.3 Å². The largest absolute Gasteiger partial charge is 0.310 e. The average Bonchev–Trinajstić information content (AvgIpc) is 3.64. The summed E-state index contributed by atoms with van der Waals surface area (Å²) in [7, 11) is 0. The molecule has 0 saturated heterocycles. The first-order valence-corrected chi connectivity index (χ1v) is 23.9. The highest BCUT2D eigenvalue weighted by molar-refractivity contribution is 5.99. The molecule has 336 valence electrons. The Bertz CT molecular complexity index is 3360. The molecule has 0 bridgehead atoms. The molecule has 1 heteroatoms. The van der Waals surface area contributed by atoms with Crippen LogP contribution in [0.1, 0.15) is 52.8 Å². The van der Waals surface area contributed by atoms with Crippen LogP contribution in [0, 0.1) is 20.8 Å². The zero-order valence-electron chi connectivity index (χ0n) is 40.5. The van der Waals surface area contributed by atoms with Gasteiger partial charge in [-0.2, -0.15) is 0 Å². The Morgan fingerprint density at radius 3 is 1.81 bits per heavy atom. The number of fused-ring (bicyclic) bond motifs is 2. The van der Waals surface area contributed by atoms with Gasteiger partial charge in [-0.15, -0.1) is 0 Å². The van der Waals surface area contributed by atoms with Crippen LogP contribution in [0.5, 0.6) is 0 Å². The van der Waals surface area contributed by atoms with Crippen molar-refractivity contribution in [3.05, 3.63) is 306 Å². The fourth-order valence-electron chi connectivity index (χ4n) is 10.4. The maximum Gasteiger partial charge on any atom is 0.0710 e. The molecule has 0 aliphatic heterocycles. The van der Waals surface area contributed by atoms with Crippen LogP contribution in [0.25, 0.3) is 49.7 Å². The van der Waals surface area contributed by atoms with Crippen molar-refractivity contribution in [2.45, 2.75) is 40.0 Å². The third-order valence-electron chi connectivity index (χ3n) is 13.6. The summed E-state index contributed by atoms with van der Waals surface area (Å²) in [5, 5.41) is 2.55. The lowest BCUT2D eigenvalue weighted by atomic mass is 9.66. The lowest BCUT2D eigenvalue weighted by Gasteiger charge is -2.36. The fraction of sp³-hybridized carbons (Fsp3) is 0.0882. The summed E-state index contributed by atoms with van der Waals surface area (Å²) in [5.74, 6) is 0. The molecule has 0 amide bonds. The average molecular weight is 890 g/mol. The number of hydrogen-bond acceptors (Lipinski definition) is 1. The van der Waals surface area contributed by atoms with Crippen LogP contribution in [-0.2, 0) is 5.41 Å². The minimum atomic E-state index is -0.557. The molecule has 0 atom stereocenters. The summed E-state index contributed by atoms with van der Waals surface area (Å²) in [6, 6.07) is 76.8. The van der Waals surface area contributed by atoms with E-state index < -0.39 is 5.41 Å². The maximum atomic E-state index is 4.69. The molecule has 1 aliphatic rings. The minimum absolute atomic E-state index is 0.557. The molecule has 1 aliphatic carbocycles. The number of nitrogens with zero attached hydrogens (tertiary/aromatic N) is 1. The van der Waals surface area contributed by atoms with Crippen molar-refractivity contribution in [1.82, 2.24) is 0 Å². The van der Waals surface area contributed by atoms with E-state index in [-0.39, 0.29) is 0 Å². The Hall–Kier alpha value is -8.26. The zero-order chi connectivity index (χ0) is 47.9. The van der Waals surface area contributed by atoms with E-state index in [4.69, 9.17) is 0 Å². The number of hydrogen-bond donors (Lipinski definition) is 0. The van der Waals surface area contributed by atoms with Crippen LogP contribution in [0.3, 0.4) is 0 Å². The molecule has 10 rings (SSSR count). The molecule has 0 aromatic heterocycles. The summed E-state index contributed by atoms with van der Waals surface area (Å²) in [5.41, 5.74) is 20.9. The number of allylic oxidation sites excluding steroid dienone is 7. The van der Waals surface area contributed by atoms with Gasteiger partial charge in [0.15, 0.2) is 0 Å². The lowest BCUT2D eigenvalue weighted by Crippen LogP contribution is -2.29. The first-order chi connectivity index (χ1) is 33.7. The van der Waals surface area contributed by atoms with Crippen molar-refractivity contribution in [1.29, 1.82) is 0 Å². The molecule has 0 spiro atoms. The van der Waals surface area contributed by atoms with Gasteiger partial charge in [-0.25, -0.2) is 0 Å². The highest BCUT2D eigenvalue weighted by Crippen LogP contribution is 2.56. The van der Waals surface area contributed by atoms with Gasteiger partial charge in [0.2, 0.25) is 0 Å². The maximum absolute atomic E-state index is 4.69. The topological polar surface area (TPSA) is 3.24 Å². The normalized spacial score (nSPS) is 12.8. The van der Waals surface area contributed by atoms with Crippen molar-refractivity contribution in [3.8, 4) is 33.4 Å². The van der Waals surface area contributed by atoms with Gasteiger partial charge < -0.3 is 4.90 Å². The van der Waals surface area contributed by atoms with E-state index in [0.717, 1.165) is 28.2 Å². The molecule has 0 radical (unpaired) electrons. The predicted molar refractivity (Wildman–Crippen MR) is 298 cm³/mol. The molecule has 9 aromatic carbocycles. The number of aryl methyl sites for hydroxylation is 3. The Morgan fingerprint density at radius 2 is 1.14 bits per heavy atom. The van der Waals surface area contributed by atoms with Gasteiger partial charge in [0, 0.05) is 16.9 Å². The van der Waals surface area contributed by atoms with E-state index in [9.17, 15) is 0 Å². The summed E-state index contributed by atoms with van der Waals surface area (Å²) < 4.78 is 0. The van der Waals surface area contributed by atoms with Gasteiger partial charge in [0.05, 0.1) is 11.1 Å². The summed E-state index contributed by atoms with van der Waals surface area (Å²) in [4.78, 5) is 2.32. The third kappa shape index (κ3) is 8.88. The molecular weight excluding hydrogens is 831 g/mol. The molecule has 69 heavy (non-hydrogen) atoms. The third-order valence-corrected chi connectivity index (χ3v) is 13.6. The van der Waals surface area contributed by atoms with Gasteiger partial charge in [-0.05, 0) is 148 Å². The van der Waals surface area contributed by atoms with Crippen molar-refractivity contribution in [2.75, 3.05) is 4.90 Å². The molecule has 0 fully saturated rings. The van der Waals surface area contributed by atoms with E-state index in [2.05, 4.69) is 271 Å². The molecule has 1 nitrogen and oxygen atoms in total. The first-order valence-electron chi connectivity index (χ1n) is 23.9. The first kappa shape index (κ1) is 45.9. The standard InChI is InChI=1S/C61H51N.C7H8/c1-7-9-31-57-45(6)54-38-36-52(41-58(54)61(57,50-25-12-10-13-26-50)51-27-14-11-15-28-51)62(44(5)21-8-2)59-32-19-18-29-55(59)49-24-20-23-47(40-49)48-35-37-53(43(4)39-48)60-42(3)33-34-46-22-16-17-30-56(46)60;1-7-5-3-2-4-6-7/h7-41H,1,5H2,2-4,6H3;2-6H,1H3/b21-8-,31-9-;. The van der Waals surface area contributed by atoms with E-state index >= 15 is 0 Å². The highest BCUT2D eigenvalue weighted by atomic mass is 15.1. The lowest BCUT2D eigenvalue weighted by molar-refractivity contribution is 0.761. The van der Waals surface area contributed by atoms with Crippen LogP contribution in [-0.4, -0.2) is 0 Å². The summed E-state index contributed by atoms with van der Waals surface area (Å²) in [6.45, 7) is 19.6. The molecule has 0 saturated carbocycles. The van der Waals surface area contributed by atoms with Gasteiger partial charge in [-0.1, -0.05) is 231 Å². The quantitative estimate of drug-likeness (QED) is 0.117. The van der Waals surface area contributed by atoms with Gasteiger partial charge in [-0.3, -0.25) is 0 Å². The number of rotatable bonds is 11. The second-order valence-corrected chi connectivity index (χ2v) is 17.9. The summed E-state index contributed by atoms with van der Waals surface area (Å²) in [6.07, 6.45) is 10.4. The highest BCUT2D eigenvalue weighted by Gasteiger charge is 2.46. The van der Waals surface area contributed by atoms with Crippen molar-refractivity contribution in [2.24, 2.45) is 0 Å². The second-order valence-electron chi connectivity index (χ2n) is 17.9. The van der Waals surface area contributed by atoms with Crippen molar-refractivity contribution in [3.63, 3.8) is 0 Å². The van der Waals surface area contributed by atoms with E-state index in [1.165, 1.54) is 83.1 Å². The predicted octanol–water partition coefficient (Wildman–Crippen LogP) is 18.5. The Morgan fingerprint density at radius 1 is 0.522 bits per heavy atom. The molecule has 0 N–H and O–H groups in total. The number of anilines is 2. The van der Waals surface area contributed by atoms with Crippen LogP contribution in [0.2, 0.25) is 0 Å². The van der Waals surface area contributed by atoms with Crippen LogP contribution in [0.15, 0.2) is 267 Å². The Kier molecular flexibility index (Phi) is 13.5. The van der Waals surface area contributed by atoms with Gasteiger partial charge >= 0.3 is 0 Å². The van der Waals surface area contributed by atoms with E-state index in [0.29, 0.717) is 0 Å². The Labute approximate surface area is 410 Å². The number of para-hydroxylation sites is 1. The minimum Gasteiger partial charge on any atom is -0.310 e. The van der Waals surface area contributed by atoms with Crippen molar-refractivity contribution < 1.29 is 0 Å². The van der Waals surface area contributed by atoms with Gasteiger partial charge in [0.1, 0.15) is 0 Å². The van der Waals surface area contributed by atoms with Crippen molar-refractivity contribution >= 4 is 27.7 Å². The molecular formula is C68H59N. The van der Waals surface area contributed by atoms with Gasteiger partial charge in [0.25, 0.3) is 0 Å². The monoisotopic (exact) mass is 889 g/mol. The fourth-order valence-corrected chi connectivity index (χ4v) is 10.4. The Balaban J connectivity index is 0.000000779. The number of benzene rings is 9. The summed E-state index contributed by atoms with van der Waals surface area (Å²) >= 11 is 0. The smallest absolute Gasteiger partial charge is 0.0710 e. The molecule has 0 unspecified atom stereocenters. The van der Waals surface area contributed by atoms with E-state index in [1.54, 1.807) is 0 Å². The SMILES string of the molecule is C=C/C=C\C1=C(C)c2ccc(N(C(=C)/C=C\C)c3ccccc3-c3cccc(-c4ccc(-c5c(C)ccc6ccccc56)c(C)c4)c3)cc2C1(c1ccccc1)c1ccccc1.Cc1ccccc1. The van der Waals surface area contributed by atoms with Crippen LogP contribution < -0.4 is 4.90 Å². The van der Waals surface area contributed by atoms with Crippen LogP contribution >= 0.6 is 0 Å². The zero-order valence-corrected chi connectivity index (χ0v) is 40.5. The molecule has 0 heterocycles. The van der Waals surface area contributed by atoms with Crippen LogP contribution in [0.4, 0.5) is 11.4 Å². The second kappa shape index (κ2) is 20.3.